The molecular formula is C23H28FN7O3. The molecule has 0 bridgehead atoms. The number of carbonyl (C=O) groups is 2. The molecule has 180 valence electrons. The molecule has 2 aliphatic heterocycles. The van der Waals surface area contributed by atoms with Gasteiger partial charge in [0.15, 0.2) is 0 Å². The Bertz CT molecular complexity index is 1090. The first kappa shape index (κ1) is 23.6. The zero-order valence-electron chi connectivity index (χ0n) is 18.9. The monoisotopic (exact) mass is 469 g/mol. The fourth-order valence-electron chi connectivity index (χ4n) is 4.34. The van der Waals surface area contributed by atoms with Gasteiger partial charge in [-0.05, 0) is 49.1 Å². The van der Waals surface area contributed by atoms with Gasteiger partial charge < -0.3 is 15.9 Å². The number of pyridine rings is 1. The number of anilines is 1. The average Bonchev–Trinajstić information content (AvgIpc) is 3.22. The number of aromatic nitrogens is 1. The number of ether oxygens (including phenoxy) is 1. The molecule has 34 heavy (non-hydrogen) atoms. The van der Waals surface area contributed by atoms with E-state index in [0.29, 0.717) is 43.1 Å². The number of cyclic esters (lactones) is 1. The molecule has 11 heteroatoms. The summed E-state index contributed by atoms with van der Waals surface area (Å²) in [6, 6.07) is 6.30. The number of alkyl halides is 1. The van der Waals surface area contributed by atoms with E-state index in [2.05, 4.69) is 20.3 Å². The quantitative estimate of drug-likeness (QED) is 0.180. The Kier molecular flexibility index (Phi) is 7.03. The minimum absolute atomic E-state index is 0.244. The summed E-state index contributed by atoms with van der Waals surface area (Å²) < 4.78 is 20.0. The molecule has 0 spiro atoms. The number of carbonyl (C=O) groups excluding carboxylic acids is 2. The van der Waals surface area contributed by atoms with Crippen molar-refractivity contribution in [1.29, 1.82) is 0 Å². The second kappa shape index (κ2) is 10.1. The van der Waals surface area contributed by atoms with Gasteiger partial charge >= 0.3 is 5.97 Å². The van der Waals surface area contributed by atoms with Crippen LogP contribution < -0.4 is 22.0 Å². The van der Waals surface area contributed by atoms with Crippen LogP contribution in [0.25, 0.3) is 0 Å². The molecule has 1 aromatic heterocycles. The minimum Gasteiger partial charge on any atom is -0.457 e. The average molecular weight is 470 g/mol. The molecule has 0 saturated carbocycles. The van der Waals surface area contributed by atoms with Gasteiger partial charge in [0.25, 0.3) is 5.91 Å². The number of halogens is 1. The van der Waals surface area contributed by atoms with Crippen molar-refractivity contribution < 1.29 is 18.7 Å². The Hall–Kier alpha value is -3.57. The Balaban J connectivity index is 1.28. The highest BCUT2D eigenvalue weighted by molar-refractivity contribution is 5.94. The standard InChI is InChI=1S/C23H28FN7O3/c1-14-15(2-4-17-18(14)12-34-23(17)33)6-8-30-9-7-20(19(24)11-30)29-22(32)16-3-5-21(27-10-16)31(26)13-28-25/h2-5,10,13,19-20H,6-9,11-12,25-26H2,1H3,(H,29,32)/b28-13-. The van der Waals surface area contributed by atoms with E-state index >= 15 is 0 Å². The lowest BCUT2D eigenvalue weighted by atomic mass is 9.96. The molecule has 0 radical (unpaired) electrons. The number of fused-ring (bicyclic) bond motifs is 1. The first-order valence-corrected chi connectivity index (χ1v) is 11.1. The summed E-state index contributed by atoms with van der Waals surface area (Å²) in [5, 5.41) is 7.20. The van der Waals surface area contributed by atoms with E-state index < -0.39 is 12.2 Å². The SMILES string of the molecule is Cc1c(CCN2CCC(NC(=O)c3ccc(N(N)/C=N\N)nc3)C(F)C2)ccc2c1COC2=O. The van der Waals surface area contributed by atoms with Crippen LogP contribution in [0.4, 0.5) is 10.2 Å². The van der Waals surface area contributed by atoms with Crippen LogP contribution in [0.2, 0.25) is 0 Å². The van der Waals surface area contributed by atoms with Gasteiger partial charge in [0.1, 0.15) is 24.9 Å². The van der Waals surface area contributed by atoms with Crippen LogP contribution in [0.3, 0.4) is 0 Å². The number of hydrogen-bond donors (Lipinski definition) is 3. The fourth-order valence-corrected chi connectivity index (χ4v) is 4.34. The molecule has 3 heterocycles. The summed E-state index contributed by atoms with van der Waals surface area (Å²) in [5.74, 6) is 10.4. The Labute approximate surface area is 196 Å². The molecule has 4 rings (SSSR count). The number of hydrazone groups is 1. The zero-order chi connectivity index (χ0) is 24.2. The number of piperidine rings is 1. The smallest absolute Gasteiger partial charge is 0.338 e. The lowest BCUT2D eigenvalue weighted by Gasteiger charge is -2.35. The van der Waals surface area contributed by atoms with Crippen LogP contribution in [0.5, 0.6) is 0 Å². The maximum absolute atomic E-state index is 14.9. The second-order valence-electron chi connectivity index (χ2n) is 8.46. The van der Waals surface area contributed by atoms with Gasteiger partial charge in [-0.2, -0.15) is 5.10 Å². The number of hydrogen-bond acceptors (Lipinski definition) is 8. The maximum atomic E-state index is 14.9. The molecule has 10 nitrogen and oxygen atoms in total. The van der Waals surface area contributed by atoms with Gasteiger partial charge in [-0.15, -0.1) is 0 Å². The predicted octanol–water partition coefficient (Wildman–Crippen LogP) is 1.03. The number of amides is 1. The number of nitrogens with zero attached hydrogens (tertiary/aromatic N) is 4. The summed E-state index contributed by atoms with van der Waals surface area (Å²) in [5.41, 5.74) is 4.09. The molecule has 2 aliphatic rings. The Morgan fingerprint density at radius 3 is 2.94 bits per heavy atom. The molecule has 5 N–H and O–H groups in total. The van der Waals surface area contributed by atoms with Crippen LogP contribution in [-0.4, -0.2) is 59.9 Å². The Morgan fingerprint density at radius 2 is 2.24 bits per heavy atom. The topological polar surface area (TPSA) is 139 Å². The number of rotatable bonds is 7. The largest absolute Gasteiger partial charge is 0.457 e. The number of benzene rings is 1. The first-order valence-electron chi connectivity index (χ1n) is 11.1. The lowest BCUT2D eigenvalue weighted by molar-refractivity contribution is 0.0534. The summed E-state index contributed by atoms with van der Waals surface area (Å²) in [4.78, 5) is 30.4. The number of hydrazine groups is 1. The summed E-state index contributed by atoms with van der Waals surface area (Å²) in [6.45, 7) is 3.93. The van der Waals surface area contributed by atoms with Gasteiger partial charge in [-0.25, -0.2) is 25.0 Å². The normalized spacial score (nSPS) is 20.3. The van der Waals surface area contributed by atoms with Gasteiger partial charge in [0, 0.05) is 31.4 Å². The zero-order valence-corrected chi connectivity index (χ0v) is 18.9. The molecule has 1 fully saturated rings. The van der Waals surface area contributed by atoms with E-state index in [4.69, 9.17) is 16.4 Å². The molecule has 0 aliphatic carbocycles. The van der Waals surface area contributed by atoms with Crippen molar-refractivity contribution in [3.05, 3.63) is 58.3 Å². The van der Waals surface area contributed by atoms with E-state index in [1.165, 1.54) is 12.5 Å². The molecule has 2 aromatic rings. The van der Waals surface area contributed by atoms with Gasteiger partial charge in [-0.3, -0.25) is 9.69 Å². The minimum atomic E-state index is -1.18. The molecule has 1 amide bonds. The number of nitrogens with one attached hydrogen (secondary N) is 1. The third-order valence-electron chi connectivity index (χ3n) is 6.38. The number of likely N-dealkylation sites (tertiary alicyclic amines) is 1. The molecule has 2 unspecified atom stereocenters. The second-order valence-corrected chi connectivity index (χ2v) is 8.46. The van der Waals surface area contributed by atoms with E-state index in [-0.39, 0.29) is 18.4 Å². The summed E-state index contributed by atoms with van der Waals surface area (Å²) in [7, 11) is 0. The number of nitrogens with two attached hydrogens (primary N) is 2. The molecule has 1 aromatic carbocycles. The van der Waals surface area contributed by atoms with Crippen molar-refractivity contribution in [2.24, 2.45) is 16.8 Å². The Morgan fingerprint density at radius 1 is 1.41 bits per heavy atom. The van der Waals surface area contributed by atoms with Gasteiger partial charge in [-0.1, -0.05) is 6.07 Å². The highest BCUT2D eigenvalue weighted by Crippen LogP contribution is 2.26. The highest BCUT2D eigenvalue weighted by atomic mass is 19.1. The van der Waals surface area contributed by atoms with Crippen molar-refractivity contribution in [1.82, 2.24) is 15.2 Å². The van der Waals surface area contributed by atoms with Crippen molar-refractivity contribution in [3.8, 4) is 0 Å². The number of esters is 1. The van der Waals surface area contributed by atoms with Gasteiger partial charge in [0.2, 0.25) is 0 Å². The third-order valence-corrected chi connectivity index (χ3v) is 6.38. The van der Waals surface area contributed by atoms with Gasteiger partial charge in [0.05, 0.1) is 17.2 Å². The van der Waals surface area contributed by atoms with Crippen molar-refractivity contribution in [2.75, 3.05) is 24.6 Å². The predicted molar refractivity (Wildman–Crippen MR) is 125 cm³/mol. The van der Waals surface area contributed by atoms with Crippen LogP contribution >= 0.6 is 0 Å². The molecule has 1 saturated heterocycles. The van der Waals surface area contributed by atoms with Crippen molar-refractivity contribution >= 4 is 24.0 Å². The highest BCUT2D eigenvalue weighted by Gasteiger charge is 2.31. The summed E-state index contributed by atoms with van der Waals surface area (Å²) in [6.07, 6.45) is 2.63. The maximum Gasteiger partial charge on any atom is 0.338 e. The van der Waals surface area contributed by atoms with E-state index in [1.807, 2.05) is 19.1 Å². The van der Waals surface area contributed by atoms with E-state index in [0.717, 1.165) is 28.1 Å². The van der Waals surface area contributed by atoms with Crippen LogP contribution in [0.1, 0.15) is 43.8 Å². The van der Waals surface area contributed by atoms with Crippen LogP contribution in [-0.2, 0) is 17.8 Å². The summed E-state index contributed by atoms with van der Waals surface area (Å²) >= 11 is 0. The third kappa shape index (κ3) is 5.00. The fraction of sp³-hybridized carbons (Fsp3) is 0.391. The van der Waals surface area contributed by atoms with Crippen LogP contribution in [0.15, 0.2) is 35.6 Å². The van der Waals surface area contributed by atoms with E-state index in [1.54, 1.807) is 12.1 Å². The van der Waals surface area contributed by atoms with E-state index in [9.17, 15) is 14.0 Å². The molecular weight excluding hydrogens is 441 g/mol. The molecule has 2 atom stereocenters. The van der Waals surface area contributed by atoms with Crippen molar-refractivity contribution in [2.45, 2.75) is 38.6 Å². The van der Waals surface area contributed by atoms with Crippen molar-refractivity contribution in [3.63, 3.8) is 0 Å². The first-order chi connectivity index (χ1) is 16.4. The lowest BCUT2D eigenvalue weighted by Crippen LogP contribution is -2.52. The van der Waals surface area contributed by atoms with Crippen LogP contribution in [0, 0.1) is 6.92 Å².